The number of hydrogen-bond acceptors (Lipinski definition) is 2. The molecule has 2 N–H and O–H groups in total. The first-order valence-corrected chi connectivity index (χ1v) is 5.19. The third kappa shape index (κ3) is 1.14. The molecular formula is C12H14N2O. The molecule has 0 atom stereocenters. The fraction of sp³-hybridized carbons (Fsp3) is 0.333. The number of β-amino-alcohol motifs (C(OH)–C–C–N with tert-alkyl or cyclic N) is 1. The third-order valence-corrected chi connectivity index (χ3v) is 3.26. The summed E-state index contributed by atoms with van der Waals surface area (Å²) in [7, 11) is 2.01. The van der Waals surface area contributed by atoms with Crippen LogP contribution in [0, 0.1) is 0 Å². The van der Waals surface area contributed by atoms with E-state index in [1.165, 1.54) is 10.9 Å². The lowest BCUT2D eigenvalue weighted by atomic mass is 9.93. The number of nitrogens with zero attached hydrogens (tertiary/aromatic N) is 1. The minimum absolute atomic E-state index is 0.650. The maximum atomic E-state index is 10.3. The van der Waals surface area contributed by atoms with Gasteiger partial charge in [0, 0.05) is 25.7 Å². The normalized spacial score (nSPS) is 19.1. The Hall–Kier alpha value is -1.32. The lowest BCUT2D eigenvalue weighted by Crippen LogP contribution is -2.57. The maximum Gasteiger partial charge on any atom is 0.129 e. The standard InChI is InChI=1S/C12H14N2O/c1-14-10-5-3-2-4-9(10)6-11(14)12(15)7-13-8-12/h2-6,13,15H,7-8H2,1H3. The van der Waals surface area contributed by atoms with Gasteiger partial charge in [-0.1, -0.05) is 18.2 Å². The molecule has 0 aliphatic carbocycles. The van der Waals surface area contributed by atoms with E-state index >= 15 is 0 Å². The summed E-state index contributed by atoms with van der Waals surface area (Å²) in [5.74, 6) is 0. The van der Waals surface area contributed by atoms with Crippen LogP contribution in [0.4, 0.5) is 0 Å². The molecule has 3 nitrogen and oxygen atoms in total. The lowest BCUT2D eigenvalue weighted by Gasteiger charge is -2.37. The van der Waals surface area contributed by atoms with Gasteiger partial charge in [-0.15, -0.1) is 0 Å². The zero-order valence-corrected chi connectivity index (χ0v) is 8.70. The van der Waals surface area contributed by atoms with Crippen LogP contribution < -0.4 is 5.32 Å². The Morgan fingerprint density at radius 3 is 2.67 bits per heavy atom. The van der Waals surface area contributed by atoms with Crippen LogP contribution in [0.25, 0.3) is 10.9 Å². The van der Waals surface area contributed by atoms with Gasteiger partial charge in [0.2, 0.25) is 0 Å². The molecule has 1 aromatic heterocycles. The highest BCUT2D eigenvalue weighted by molar-refractivity contribution is 5.81. The van der Waals surface area contributed by atoms with E-state index in [0.29, 0.717) is 13.1 Å². The molecule has 0 unspecified atom stereocenters. The van der Waals surface area contributed by atoms with Crippen LogP contribution in [0.5, 0.6) is 0 Å². The summed E-state index contributed by atoms with van der Waals surface area (Å²) in [5.41, 5.74) is 1.50. The molecule has 2 heterocycles. The molecule has 3 heteroatoms. The smallest absolute Gasteiger partial charge is 0.129 e. The lowest BCUT2D eigenvalue weighted by molar-refractivity contribution is -0.0205. The van der Waals surface area contributed by atoms with Gasteiger partial charge in [-0.3, -0.25) is 0 Å². The highest BCUT2D eigenvalue weighted by Crippen LogP contribution is 2.29. The molecule has 1 aliphatic rings. The summed E-state index contributed by atoms with van der Waals surface area (Å²) in [4.78, 5) is 0. The number of hydrogen-bond donors (Lipinski definition) is 2. The van der Waals surface area contributed by atoms with Crippen molar-refractivity contribution in [1.82, 2.24) is 9.88 Å². The SMILES string of the molecule is Cn1c(C2(O)CNC2)cc2ccccc21. The van der Waals surface area contributed by atoms with Gasteiger partial charge in [0.15, 0.2) is 0 Å². The Labute approximate surface area is 88.3 Å². The quantitative estimate of drug-likeness (QED) is 0.723. The van der Waals surface area contributed by atoms with Crippen molar-refractivity contribution in [2.45, 2.75) is 5.60 Å². The van der Waals surface area contributed by atoms with E-state index in [4.69, 9.17) is 0 Å². The molecule has 1 saturated heterocycles. The van der Waals surface area contributed by atoms with Gasteiger partial charge in [-0.2, -0.15) is 0 Å². The second-order valence-corrected chi connectivity index (χ2v) is 4.28. The number of aliphatic hydroxyl groups is 1. The maximum absolute atomic E-state index is 10.3. The van der Waals surface area contributed by atoms with Crippen molar-refractivity contribution in [1.29, 1.82) is 0 Å². The summed E-state index contributed by atoms with van der Waals surface area (Å²) in [6.07, 6.45) is 0. The molecule has 3 rings (SSSR count). The van der Waals surface area contributed by atoms with Gasteiger partial charge in [0.05, 0.1) is 5.69 Å². The van der Waals surface area contributed by atoms with E-state index in [0.717, 1.165) is 5.69 Å². The van der Waals surface area contributed by atoms with E-state index in [2.05, 4.69) is 28.1 Å². The van der Waals surface area contributed by atoms with Gasteiger partial charge in [0.25, 0.3) is 0 Å². The van der Waals surface area contributed by atoms with E-state index in [-0.39, 0.29) is 0 Å². The number of para-hydroxylation sites is 1. The molecule has 0 amide bonds. The van der Waals surface area contributed by atoms with Crippen molar-refractivity contribution in [2.75, 3.05) is 13.1 Å². The Balaban J connectivity index is 2.23. The first kappa shape index (κ1) is 8.95. The largest absolute Gasteiger partial charge is 0.381 e. The summed E-state index contributed by atoms with van der Waals surface area (Å²) >= 11 is 0. The molecular weight excluding hydrogens is 188 g/mol. The second kappa shape index (κ2) is 2.84. The predicted molar refractivity (Wildman–Crippen MR) is 59.7 cm³/mol. The van der Waals surface area contributed by atoms with Crippen molar-refractivity contribution < 1.29 is 5.11 Å². The molecule has 0 bridgehead atoms. The zero-order chi connectivity index (χ0) is 10.5. The predicted octanol–water partition coefficient (Wildman–Crippen LogP) is 0.969. The van der Waals surface area contributed by atoms with Crippen LogP contribution in [0.2, 0.25) is 0 Å². The van der Waals surface area contributed by atoms with E-state index in [9.17, 15) is 5.11 Å². The van der Waals surface area contributed by atoms with Crippen molar-refractivity contribution >= 4 is 10.9 Å². The van der Waals surface area contributed by atoms with Gasteiger partial charge in [-0.25, -0.2) is 0 Å². The molecule has 1 fully saturated rings. The van der Waals surface area contributed by atoms with E-state index < -0.39 is 5.60 Å². The number of nitrogens with one attached hydrogen (secondary N) is 1. The Bertz CT molecular complexity index is 511. The van der Waals surface area contributed by atoms with E-state index in [1.54, 1.807) is 0 Å². The van der Waals surface area contributed by atoms with Gasteiger partial charge >= 0.3 is 0 Å². The van der Waals surface area contributed by atoms with Crippen LogP contribution in [0.15, 0.2) is 30.3 Å². The van der Waals surface area contributed by atoms with Crippen molar-refractivity contribution in [2.24, 2.45) is 7.05 Å². The summed E-state index contributed by atoms with van der Waals surface area (Å²) in [5, 5.41) is 14.6. The van der Waals surface area contributed by atoms with E-state index in [1.807, 2.05) is 19.2 Å². The molecule has 0 radical (unpaired) electrons. The van der Waals surface area contributed by atoms with Gasteiger partial charge < -0.3 is 15.0 Å². The topological polar surface area (TPSA) is 37.2 Å². The zero-order valence-electron chi connectivity index (χ0n) is 8.70. The van der Waals surface area contributed by atoms with Crippen LogP contribution in [0.3, 0.4) is 0 Å². The minimum Gasteiger partial charge on any atom is -0.381 e. The first-order chi connectivity index (χ1) is 7.21. The van der Waals surface area contributed by atoms with Crippen LogP contribution in [-0.4, -0.2) is 22.8 Å². The Morgan fingerprint density at radius 2 is 2.07 bits per heavy atom. The molecule has 78 valence electrons. The van der Waals surface area contributed by atoms with Crippen molar-refractivity contribution in [3.63, 3.8) is 0 Å². The highest BCUT2D eigenvalue weighted by Gasteiger charge is 2.38. The third-order valence-electron chi connectivity index (χ3n) is 3.26. The number of aromatic nitrogens is 1. The molecule has 0 saturated carbocycles. The second-order valence-electron chi connectivity index (χ2n) is 4.28. The number of aryl methyl sites for hydroxylation is 1. The molecule has 1 aliphatic heterocycles. The monoisotopic (exact) mass is 202 g/mol. The Kier molecular flexibility index (Phi) is 1.69. The fourth-order valence-electron chi connectivity index (χ4n) is 2.28. The molecule has 1 aromatic carbocycles. The minimum atomic E-state index is -0.673. The van der Waals surface area contributed by atoms with Gasteiger partial charge in [0.1, 0.15) is 5.60 Å². The van der Waals surface area contributed by atoms with Gasteiger partial charge in [-0.05, 0) is 17.5 Å². The molecule has 0 spiro atoms. The average Bonchev–Trinajstić information content (AvgIpc) is 2.54. The summed E-state index contributed by atoms with van der Waals surface area (Å²) in [6.45, 7) is 1.30. The molecule has 15 heavy (non-hydrogen) atoms. The number of fused-ring (bicyclic) bond motifs is 1. The van der Waals surface area contributed by atoms with Crippen molar-refractivity contribution in [3.05, 3.63) is 36.0 Å². The van der Waals surface area contributed by atoms with Crippen LogP contribution in [-0.2, 0) is 12.6 Å². The number of rotatable bonds is 1. The Morgan fingerprint density at radius 1 is 1.33 bits per heavy atom. The van der Waals surface area contributed by atoms with Crippen molar-refractivity contribution in [3.8, 4) is 0 Å². The number of benzene rings is 1. The van der Waals surface area contributed by atoms with Crippen LogP contribution >= 0.6 is 0 Å². The first-order valence-electron chi connectivity index (χ1n) is 5.19. The summed E-state index contributed by atoms with van der Waals surface area (Å²) < 4.78 is 2.08. The highest BCUT2D eigenvalue weighted by atomic mass is 16.3. The molecule has 2 aromatic rings. The fourth-order valence-corrected chi connectivity index (χ4v) is 2.28. The van der Waals surface area contributed by atoms with Crippen LogP contribution in [0.1, 0.15) is 5.69 Å². The average molecular weight is 202 g/mol. The summed E-state index contributed by atoms with van der Waals surface area (Å²) in [6, 6.07) is 10.3.